The highest BCUT2D eigenvalue weighted by molar-refractivity contribution is 5.35. The van der Waals surface area contributed by atoms with Crippen molar-refractivity contribution >= 4 is 0 Å². The van der Waals surface area contributed by atoms with E-state index in [4.69, 9.17) is 5.73 Å². The molecule has 0 aromatic heterocycles. The van der Waals surface area contributed by atoms with Crippen LogP contribution in [0.5, 0.6) is 0 Å². The third-order valence-corrected chi connectivity index (χ3v) is 2.26. The summed E-state index contributed by atoms with van der Waals surface area (Å²) < 4.78 is 0. The van der Waals surface area contributed by atoms with Gasteiger partial charge in [0.1, 0.15) is 0 Å². The first-order valence-corrected chi connectivity index (χ1v) is 3.80. The normalized spacial score (nSPS) is 28.5. The number of benzene rings is 1. The lowest BCUT2D eigenvalue weighted by Gasteiger charge is -2.07. The van der Waals surface area contributed by atoms with Gasteiger partial charge < -0.3 is 10.8 Å². The summed E-state index contributed by atoms with van der Waals surface area (Å²) in [6.07, 6.45) is 0.324. The van der Waals surface area contributed by atoms with Crippen LogP contribution in [-0.4, -0.2) is 11.2 Å². The van der Waals surface area contributed by atoms with Crippen LogP contribution < -0.4 is 5.73 Å². The van der Waals surface area contributed by atoms with Crippen molar-refractivity contribution in [3.05, 3.63) is 35.4 Å². The summed E-state index contributed by atoms with van der Waals surface area (Å²) in [7, 11) is 0. The number of hydrogen-bond acceptors (Lipinski definition) is 2. The minimum Gasteiger partial charge on any atom is -0.391 e. The second kappa shape index (κ2) is 2.32. The third kappa shape index (κ3) is 0.951. The van der Waals surface area contributed by atoms with Crippen molar-refractivity contribution in [3.63, 3.8) is 0 Å². The highest BCUT2D eigenvalue weighted by Gasteiger charge is 2.26. The molecule has 1 aliphatic rings. The van der Waals surface area contributed by atoms with Crippen molar-refractivity contribution in [1.82, 2.24) is 0 Å². The summed E-state index contributed by atoms with van der Waals surface area (Å²) in [5.41, 5.74) is 8.02. The Bertz CT molecular complexity index is 272. The molecular weight excluding hydrogens is 138 g/mol. The second-order valence-electron chi connectivity index (χ2n) is 3.00. The van der Waals surface area contributed by atoms with Gasteiger partial charge in [-0.1, -0.05) is 24.3 Å². The van der Waals surface area contributed by atoms with Crippen molar-refractivity contribution in [3.8, 4) is 0 Å². The highest BCUT2D eigenvalue weighted by Crippen LogP contribution is 2.28. The molecule has 2 nitrogen and oxygen atoms in total. The predicted molar refractivity (Wildman–Crippen MR) is 43.1 cm³/mol. The van der Waals surface area contributed by atoms with Crippen LogP contribution in [0.3, 0.4) is 0 Å². The van der Waals surface area contributed by atoms with Crippen LogP contribution in [0.25, 0.3) is 0 Å². The van der Waals surface area contributed by atoms with Crippen LogP contribution in [0.4, 0.5) is 0 Å². The second-order valence-corrected chi connectivity index (χ2v) is 3.00. The van der Waals surface area contributed by atoms with Gasteiger partial charge in [-0.25, -0.2) is 0 Å². The van der Waals surface area contributed by atoms with E-state index in [0.717, 1.165) is 5.56 Å². The third-order valence-electron chi connectivity index (χ3n) is 2.26. The van der Waals surface area contributed by atoms with Crippen molar-refractivity contribution in [2.45, 2.75) is 18.6 Å². The molecule has 0 saturated heterocycles. The molecule has 2 atom stereocenters. The fourth-order valence-electron chi connectivity index (χ4n) is 1.60. The van der Waals surface area contributed by atoms with Gasteiger partial charge >= 0.3 is 0 Å². The molecule has 0 fully saturated rings. The summed E-state index contributed by atoms with van der Waals surface area (Å²) in [4.78, 5) is 0. The molecule has 1 aromatic rings. The molecule has 0 heterocycles. The zero-order valence-electron chi connectivity index (χ0n) is 6.20. The molecule has 0 amide bonds. The first-order chi connectivity index (χ1) is 5.29. The van der Waals surface area contributed by atoms with Crippen molar-refractivity contribution in [2.75, 3.05) is 0 Å². The maximum Gasteiger partial charge on any atom is 0.0773 e. The number of rotatable bonds is 0. The Kier molecular flexibility index (Phi) is 1.44. The van der Waals surface area contributed by atoms with Gasteiger partial charge in [0.05, 0.1) is 12.1 Å². The number of fused-ring (bicyclic) bond motifs is 1. The van der Waals surface area contributed by atoms with E-state index in [1.807, 2.05) is 24.3 Å². The largest absolute Gasteiger partial charge is 0.391 e. The number of aliphatic hydroxyl groups excluding tert-OH is 1. The number of aliphatic hydroxyl groups is 1. The molecule has 3 N–H and O–H groups in total. The van der Waals surface area contributed by atoms with Gasteiger partial charge in [-0.3, -0.25) is 0 Å². The van der Waals surface area contributed by atoms with Gasteiger partial charge in [-0.15, -0.1) is 0 Å². The van der Waals surface area contributed by atoms with Crippen LogP contribution >= 0.6 is 0 Å². The molecule has 1 aromatic carbocycles. The lowest BCUT2D eigenvalue weighted by Crippen LogP contribution is -2.21. The lowest BCUT2D eigenvalue weighted by atomic mass is 10.1. The smallest absolute Gasteiger partial charge is 0.0773 e. The summed E-state index contributed by atoms with van der Waals surface area (Å²) in [5, 5.41) is 9.39. The minimum atomic E-state index is -0.382. The van der Waals surface area contributed by atoms with Crippen molar-refractivity contribution < 1.29 is 5.11 Å². The van der Waals surface area contributed by atoms with Gasteiger partial charge in [-0.2, -0.15) is 0 Å². The zero-order chi connectivity index (χ0) is 7.84. The average molecular weight is 149 g/mol. The van der Waals surface area contributed by atoms with E-state index in [1.54, 1.807) is 0 Å². The molecule has 0 saturated carbocycles. The minimum absolute atomic E-state index is 0.175. The Labute approximate surface area is 65.7 Å². The van der Waals surface area contributed by atoms with E-state index in [1.165, 1.54) is 5.56 Å². The van der Waals surface area contributed by atoms with Gasteiger partial charge in [0.25, 0.3) is 0 Å². The zero-order valence-corrected chi connectivity index (χ0v) is 6.20. The van der Waals surface area contributed by atoms with Crippen molar-refractivity contribution in [2.24, 2.45) is 5.73 Å². The molecule has 2 rings (SSSR count). The van der Waals surface area contributed by atoms with Crippen LogP contribution in [0.1, 0.15) is 17.2 Å². The number of nitrogens with two attached hydrogens (primary N) is 1. The Balaban J connectivity index is 2.47. The fourth-order valence-corrected chi connectivity index (χ4v) is 1.60. The lowest BCUT2D eigenvalue weighted by molar-refractivity contribution is 0.158. The standard InChI is InChI=1S/C9H11NO/c10-9-7-4-2-1-3-6(7)5-8(9)11/h1-4,8-9,11H,5,10H2/t8-,9?/m0/s1. The van der Waals surface area contributed by atoms with Gasteiger partial charge in [0.2, 0.25) is 0 Å². The average Bonchev–Trinajstić information content (AvgIpc) is 2.30. The monoisotopic (exact) mass is 149 g/mol. The quantitative estimate of drug-likeness (QED) is 0.567. The first kappa shape index (κ1) is 6.83. The summed E-state index contributed by atoms with van der Waals surface area (Å²) in [6.45, 7) is 0. The van der Waals surface area contributed by atoms with Crippen LogP contribution in [0.15, 0.2) is 24.3 Å². The van der Waals surface area contributed by atoms with Gasteiger partial charge in [-0.05, 0) is 11.1 Å². The highest BCUT2D eigenvalue weighted by atomic mass is 16.3. The summed E-state index contributed by atoms with van der Waals surface area (Å²) >= 11 is 0. The molecule has 0 bridgehead atoms. The molecule has 0 spiro atoms. The van der Waals surface area contributed by atoms with Crippen molar-refractivity contribution in [1.29, 1.82) is 0 Å². The van der Waals surface area contributed by atoms with E-state index < -0.39 is 0 Å². The Morgan fingerprint density at radius 2 is 2.09 bits per heavy atom. The maximum absolute atomic E-state index is 9.39. The molecule has 0 aliphatic heterocycles. The Morgan fingerprint density at radius 1 is 1.36 bits per heavy atom. The van der Waals surface area contributed by atoms with Crippen LogP contribution in [0, 0.1) is 0 Å². The maximum atomic E-state index is 9.39. The topological polar surface area (TPSA) is 46.2 Å². The SMILES string of the molecule is NC1c2ccccc2C[C@@H]1O. The van der Waals surface area contributed by atoms with Crippen LogP contribution in [-0.2, 0) is 6.42 Å². The molecule has 0 radical (unpaired) electrons. The Hall–Kier alpha value is -0.860. The summed E-state index contributed by atoms with van der Waals surface area (Å²) in [6, 6.07) is 7.76. The van der Waals surface area contributed by atoms with E-state index >= 15 is 0 Å². The van der Waals surface area contributed by atoms with E-state index in [9.17, 15) is 5.11 Å². The molecule has 11 heavy (non-hydrogen) atoms. The number of hydrogen-bond donors (Lipinski definition) is 2. The molecular formula is C9H11NO. The molecule has 2 heteroatoms. The van der Waals surface area contributed by atoms with E-state index in [2.05, 4.69) is 0 Å². The van der Waals surface area contributed by atoms with E-state index in [-0.39, 0.29) is 12.1 Å². The predicted octanol–water partition coefficient (Wildman–Crippen LogP) is 0.603. The van der Waals surface area contributed by atoms with E-state index in [0.29, 0.717) is 6.42 Å². The van der Waals surface area contributed by atoms with Crippen LogP contribution in [0.2, 0.25) is 0 Å². The molecule has 1 unspecified atom stereocenters. The summed E-state index contributed by atoms with van der Waals surface area (Å²) in [5.74, 6) is 0. The first-order valence-electron chi connectivity index (χ1n) is 3.80. The Morgan fingerprint density at radius 3 is 2.82 bits per heavy atom. The van der Waals surface area contributed by atoms with Gasteiger partial charge in [0.15, 0.2) is 0 Å². The fraction of sp³-hybridized carbons (Fsp3) is 0.333. The molecule has 1 aliphatic carbocycles. The van der Waals surface area contributed by atoms with Gasteiger partial charge in [0, 0.05) is 6.42 Å². The molecule has 58 valence electrons.